The molecular formula is C18H28N4O2. The Morgan fingerprint density at radius 2 is 2.08 bits per heavy atom. The van der Waals surface area contributed by atoms with Gasteiger partial charge in [-0.05, 0) is 62.4 Å². The third kappa shape index (κ3) is 4.45. The maximum Gasteiger partial charge on any atom is 0.249 e. The second-order valence-electron chi connectivity index (χ2n) is 7.26. The molecule has 1 atom stereocenters. The maximum absolute atomic E-state index is 12.0. The number of aliphatic hydroxyl groups excluding tert-OH is 1. The van der Waals surface area contributed by atoms with Gasteiger partial charge in [0.2, 0.25) is 5.91 Å². The van der Waals surface area contributed by atoms with Gasteiger partial charge < -0.3 is 15.3 Å². The van der Waals surface area contributed by atoms with E-state index in [0.717, 1.165) is 51.1 Å². The number of nitrogens with one attached hydrogen (secondary N) is 1. The fourth-order valence-electron chi connectivity index (χ4n) is 3.22. The Bertz CT molecular complexity index is 566. The molecule has 0 spiro atoms. The van der Waals surface area contributed by atoms with Crippen molar-refractivity contribution in [2.45, 2.75) is 44.4 Å². The van der Waals surface area contributed by atoms with Crippen LogP contribution in [0.1, 0.15) is 31.2 Å². The Morgan fingerprint density at radius 1 is 1.38 bits per heavy atom. The number of amides is 1. The highest BCUT2D eigenvalue weighted by Gasteiger charge is 2.32. The molecule has 0 radical (unpaired) electrons. The standard InChI is InChI=1S/C18H28N4O2/c1-21(2)16-11-13(5-8-19-16)12-22-9-6-14(7-10-22)17(23)18(24)20-15-3-4-15/h5,8,11,14-15,17,23H,3-4,6-7,9-10,12H2,1-2H3,(H,20,24). The third-order valence-corrected chi connectivity index (χ3v) is 4.95. The minimum Gasteiger partial charge on any atom is -0.383 e. The zero-order chi connectivity index (χ0) is 17.1. The monoisotopic (exact) mass is 332 g/mol. The van der Waals surface area contributed by atoms with E-state index in [1.807, 2.05) is 25.2 Å². The average molecular weight is 332 g/mol. The third-order valence-electron chi connectivity index (χ3n) is 4.95. The van der Waals surface area contributed by atoms with Gasteiger partial charge in [-0.3, -0.25) is 9.69 Å². The molecule has 1 amide bonds. The van der Waals surface area contributed by atoms with Gasteiger partial charge in [0.15, 0.2) is 0 Å². The van der Waals surface area contributed by atoms with Crippen LogP contribution in [0.2, 0.25) is 0 Å². The number of anilines is 1. The fourth-order valence-corrected chi connectivity index (χ4v) is 3.22. The quantitative estimate of drug-likeness (QED) is 0.813. The second-order valence-corrected chi connectivity index (χ2v) is 7.26. The highest BCUT2D eigenvalue weighted by Crippen LogP contribution is 2.24. The van der Waals surface area contributed by atoms with Crippen molar-refractivity contribution in [2.75, 3.05) is 32.1 Å². The number of piperidine rings is 1. The average Bonchev–Trinajstić information content (AvgIpc) is 3.39. The summed E-state index contributed by atoms with van der Waals surface area (Å²) in [5, 5.41) is 13.2. The summed E-state index contributed by atoms with van der Waals surface area (Å²) in [6, 6.07) is 4.48. The minimum atomic E-state index is -0.853. The molecule has 132 valence electrons. The van der Waals surface area contributed by atoms with Crippen LogP contribution in [0, 0.1) is 5.92 Å². The number of pyridine rings is 1. The van der Waals surface area contributed by atoms with Gasteiger partial charge in [-0.15, -0.1) is 0 Å². The van der Waals surface area contributed by atoms with Crippen LogP contribution in [0.5, 0.6) is 0 Å². The van der Waals surface area contributed by atoms with Crippen LogP contribution < -0.4 is 10.2 Å². The summed E-state index contributed by atoms with van der Waals surface area (Å²) >= 11 is 0. The van der Waals surface area contributed by atoms with E-state index >= 15 is 0 Å². The second kappa shape index (κ2) is 7.49. The van der Waals surface area contributed by atoms with Gasteiger partial charge in [-0.1, -0.05) is 0 Å². The molecule has 6 nitrogen and oxygen atoms in total. The normalized spacial score (nSPS) is 20.6. The molecule has 24 heavy (non-hydrogen) atoms. The lowest BCUT2D eigenvalue weighted by atomic mass is 9.90. The lowest BCUT2D eigenvalue weighted by Gasteiger charge is -2.33. The van der Waals surface area contributed by atoms with E-state index in [9.17, 15) is 9.90 Å². The van der Waals surface area contributed by atoms with Gasteiger partial charge >= 0.3 is 0 Å². The Hall–Kier alpha value is -1.66. The zero-order valence-electron chi connectivity index (χ0n) is 14.6. The molecule has 1 aliphatic heterocycles. The van der Waals surface area contributed by atoms with Gasteiger partial charge in [0.1, 0.15) is 11.9 Å². The van der Waals surface area contributed by atoms with Crippen molar-refractivity contribution in [3.8, 4) is 0 Å². The largest absolute Gasteiger partial charge is 0.383 e. The molecule has 2 aliphatic rings. The van der Waals surface area contributed by atoms with Crippen molar-refractivity contribution < 1.29 is 9.90 Å². The van der Waals surface area contributed by atoms with Crippen LogP contribution in [-0.2, 0) is 11.3 Å². The number of aromatic nitrogens is 1. The first kappa shape index (κ1) is 17.2. The van der Waals surface area contributed by atoms with Gasteiger partial charge in [-0.25, -0.2) is 4.98 Å². The first-order chi connectivity index (χ1) is 11.5. The Balaban J connectivity index is 1.48. The van der Waals surface area contributed by atoms with E-state index in [0.29, 0.717) is 6.04 Å². The summed E-state index contributed by atoms with van der Waals surface area (Å²) in [6.07, 6.45) is 4.84. The molecule has 2 fully saturated rings. The molecule has 6 heteroatoms. The van der Waals surface area contributed by atoms with Crippen LogP contribution in [0.4, 0.5) is 5.82 Å². The molecule has 0 bridgehead atoms. The van der Waals surface area contributed by atoms with Crippen molar-refractivity contribution in [1.82, 2.24) is 15.2 Å². The number of aliphatic hydroxyl groups is 1. The molecule has 2 N–H and O–H groups in total. The van der Waals surface area contributed by atoms with Crippen LogP contribution in [-0.4, -0.2) is 60.2 Å². The van der Waals surface area contributed by atoms with Crippen LogP contribution in [0.25, 0.3) is 0 Å². The predicted octanol–water partition coefficient (Wildman–Crippen LogP) is 0.999. The number of hydrogen-bond donors (Lipinski definition) is 2. The number of nitrogens with zero attached hydrogens (tertiary/aromatic N) is 3. The SMILES string of the molecule is CN(C)c1cc(CN2CCC(C(O)C(=O)NC3CC3)CC2)ccn1. The molecule has 3 rings (SSSR count). The van der Waals surface area contributed by atoms with Gasteiger partial charge in [0.05, 0.1) is 0 Å². The van der Waals surface area contributed by atoms with Crippen molar-refractivity contribution in [3.05, 3.63) is 23.9 Å². The number of hydrogen-bond acceptors (Lipinski definition) is 5. The highest BCUT2D eigenvalue weighted by molar-refractivity contribution is 5.81. The fraction of sp³-hybridized carbons (Fsp3) is 0.667. The molecule has 2 heterocycles. The number of rotatable bonds is 6. The van der Waals surface area contributed by atoms with E-state index in [-0.39, 0.29) is 11.8 Å². The van der Waals surface area contributed by atoms with Crippen molar-refractivity contribution in [2.24, 2.45) is 5.92 Å². The molecular weight excluding hydrogens is 304 g/mol. The summed E-state index contributed by atoms with van der Waals surface area (Å²) in [4.78, 5) is 20.7. The predicted molar refractivity (Wildman–Crippen MR) is 93.7 cm³/mol. The topological polar surface area (TPSA) is 68.7 Å². The number of carbonyl (C=O) groups excluding carboxylic acids is 1. The Kier molecular flexibility index (Phi) is 5.36. The van der Waals surface area contributed by atoms with Gasteiger partial charge in [0.25, 0.3) is 0 Å². The lowest BCUT2D eigenvalue weighted by Crippen LogP contribution is -2.44. The first-order valence-electron chi connectivity index (χ1n) is 8.86. The Labute approximate surface area is 143 Å². The summed E-state index contributed by atoms with van der Waals surface area (Å²) in [7, 11) is 3.98. The van der Waals surface area contributed by atoms with Crippen LogP contribution in [0.3, 0.4) is 0 Å². The molecule has 1 saturated carbocycles. The van der Waals surface area contributed by atoms with E-state index in [1.165, 1.54) is 5.56 Å². The van der Waals surface area contributed by atoms with Crippen molar-refractivity contribution >= 4 is 11.7 Å². The summed E-state index contributed by atoms with van der Waals surface area (Å²) in [5.74, 6) is 0.866. The van der Waals surface area contributed by atoms with Crippen molar-refractivity contribution in [3.63, 3.8) is 0 Å². The summed E-state index contributed by atoms with van der Waals surface area (Å²) < 4.78 is 0. The lowest BCUT2D eigenvalue weighted by molar-refractivity contribution is -0.133. The molecule has 1 aromatic heterocycles. The van der Waals surface area contributed by atoms with Crippen LogP contribution >= 0.6 is 0 Å². The summed E-state index contributed by atoms with van der Waals surface area (Å²) in [5.41, 5.74) is 1.25. The molecule has 1 saturated heterocycles. The highest BCUT2D eigenvalue weighted by atomic mass is 16.3. The van der Waals surface area contributed by atoms with Gasteiger partial charge in [-0.2, -0.15) is 0 Å². The number of likely N-dealkylation sites (tertiary alicyclic amines) is 1. The zero-order valence-corrected chi connectivity index (χ0v) is 14.6. The molecule has 1 unspecified atom stereocenters. The number of carbonyl (C=O) groups is 1. The van der Waals surface area contributed by atoms with Crippen molar-refractivity contribution in [1.29, 1.82) is 0 Å². The smallest absolute Gasteiger partial charge is 0.249 e. The molecule has 1 aromatic rings. The molecule has 1 aliphatic carbocycles. The first-order valence-corrected chi connectivity index (χ1v) is 8.86. The summed E-state index contributed by atoms with van der Waals surface area (Å²) in [6.45, 7) is 2.72. The van der Waals surface area contributed by atoms with E-state index < -0.39 is 6.10 Å². The Morgan fingerprint density at radius 3 is 2.71 bits per heavy atom. The van der Waals surface area contributed by atoms with Crippen LogP contribution in [0.15, 0.2) is 18.3 Å². The maximum atomic E-state index is 12.0. The van der Waals surface area contributed by atoms with E-state index in [4.69, 9.17) is 0 Å². The van der Waals surface area contributed by atoms with E-state index in [1.54, 1.807) is 0 Å². The molecule has 0 aromatic carbocycles. The van der Waals surface area contributed by atoms with E-state index in [2.05, 4.69) is 27.3 Å². The minimum absolute atomic E-state index is 0.0785. The van der Waals surface area contributed by atoms with Gasteiger partial charge in [0, 0.05) is 32.9 Å².